The molecule has 0 N–H and O–H groups in total. The summed E-state index contributed by atoms with van der Waals surface area (Å²) in [6.07, 6.45) is 5.37. The minimum Gasteiger partial charge on any atom is -0.305 e. The highest BCUT2D eigenvalue weighted by molar-refractivity contribution is 5.76. The second-order valence-corrected chi connectivity index (χ2v) is 7.85. The van der Waals surface area contributed by atoms with E-state index in [9.17, 15) is 5.11 Å². The topological polar surface area (TPSA) is 23.1 Å². The van der Waals surface area contributed by atoms with Crippen LogP contribution >= 0.6 is 0 Å². The molecule has 3 aromatic rings. The maximum Gasteiger partial charge on any atom is 0.179 e. The quantitative estimate of drug-likeness (QED) is 0.504. The van der Waals surface area contributed by atoms with Crippen LogP contribution in [0.4, 0.5) is 0 Å². The van der Waals surface area contributed by atoms with Crippen LogP contribution in [0.25, 0.3) is 5.57 Å². The van der Waals surface area contributed by atoms with Crippen LogP contribution in [0.3, 0.4) is 0 Å². The maximum atomic E-state index is 14.7. The zero-order valence-electron chi connectivity index (χ0n) is 17.0. The average Bonchev–Trinajstić information content (AvgIpc) is 3.22. The predicted molar refractivity (Wildman–Crippen MR) is 119 cm³/mol. The molecule has 0 bridgehead atoms. The molecule has 1 aliphatic carbocycles. The largest absolute Gasteiger partial charge is 0.305 e. The van der Waals surface area contributed by atoms with Crippen LogP contribution in [0.5, 0.6) is 0 Å². The Kier molecular flexibility index (Phi) is 5.48. The standard InChI is InChI=1S/C27H26NO/c1-28(2)20-21-17-18-22(19-21)25-15-9-10-16-26(25)27(29,23-11-5-3-6-12-23)24-13-7-4-8-14-24/h3-17,19H,18,20H2,1-2H3. The summed E-state index contributed by atoms with van der Waals surface area (Å²) in [5.74, 6) is 0. The second kappa shape index (κ2) is 8.20. The van der Waals surface area contributed by atoms with E-state index in [1.54, 1.807) is 0 Å². The van der Waals surface area contributed by atoms with Gasteiger partial charge < -0.3 is 4.90 Å². The van der Waals surface area contributed by atoms with Crippen LogP contribution in [0.1, 0.15) is 28.7 Å². The average molecular weight is 381 g/mol. The SMILES string of the molecule is CN(C)CC1=CCC(c2ccccc2C([O])(c2ccccc2)c2ccccc2)=C1. The van der Waals surface area contributed by atoms with Crippen molar-refractivity contribution in [3.05, 3.63) is 125 Å². The lowest BCUT2D eigenvalue weighted by molar-refractivity contribution is 0.0408. The zero-order chi connectivity index (χ0) is 20.3. The van der Waals surface area contributed by atoms with Crippen LogP contribution < -0.4 is 0 Å². The van der Waals surface area contributed by atoms with Gasteiger partial charge in [-0.3, -0.25) is 0 Å². The first kappa shape index (κ1) is 19.4. The highest BCUT2D eigenvalue weighted by atomic mass is 16.3. The molecule has 1 aliphatic rings. The van der Waals surface area contributed by atoms with E-state index in [1.807, 2.05) is 78.9 Å². The number of rotatable bonds is 6. The van der Waals surface area contributed by atoms with Gasteiger partial charge in [-0.05, 0) is 48.4 Å². The van der Waals surface area contributed by atoms with Crippen molar-refractivity contribution in [2.45, 2.75) is 12.0 Å². The van der Waals surface area contributed by atoms with Gasteiger partial charge in [0.1, 0.15) is 0 Å². The number of hydrogen-bond acceptors (Lipinski definition) is 1. The molecule has 3 aromatic carbocycles. The molecule has 0 saturated heterocycles. The molecule has 0 unspecified atom stereocenters. The molecule has 145 valence electrons. The van der Waals surface area contributed by atoms with Gasteiger partial charge in [-0.15, -0.1) is 0 Å². The van der Waals surface area contributed by atoms with Crippen molar-refractivity contribution in [3.8, 4) is 0 Å². The fourth-order valence-electron chi connectivity index (χ4n) is 4.14. The van der Waals surface area contributed by atoms with Crippen LogP contribution in [0.15, 0.2) is 103 Å². The molecular weight excluding hydrogens is 354 g/mol. The van der Waals surface area contributed by atoms with Gasteiger partial charge in [0.2, 0.25) is 0 Å². The van der Waals surface area contributed by atoms with Crippen molar-refractivity contribution in [3.63, 3.8) is 0 Å². The minimum absolute atomic E-state index is 0.763. The van der Waals surface area contributed by atoms with Crippen molar-refractivity contribution < 1.29 is 5.11 Å². The van der Waals surface area contributed by atoms with Crippen LogP contribution in [0.2, 0.25) is 0 Å². The molecule has 0 atom stereocenters. The first-order chi connectivity index (χ1) is 14.1. The molecule has 4 rings (SSSR count). The lowest BCUT2D eigenvalue weighted by atomic mass is 9.77. The van der Waals surface area contributed by atoms with E-state index in [2.05, 4.69) is 37.2 Å². The van der Waals surface area contributed by atoms with E-state index >= 15 is 0 Å². The minimum atomic E-state index is -1.47. The second-order valence-electron chi connectivity index (χ2n) is 7.85. The lowest BCUT2D eigenvalue weighted by Gasteiger charge is -2.30. The molecule has 0 amide bonds. The number of nitrogens with zero attached hydrogens (tertiary/aromatic N) is 1. The molecule has 29 heavy (non-hydrogen) atoms. The van der Waals surface area contributed by atoms with E-state index in [4.69, 9.17) is 0 Å². The number of allylic oxidation sites excluding steroid dienone is 2. The smallest absolute Gasteiger partial charge is 0.179 e. The Morgan fingerprint density at radius 3 is 1.93 bits per heavy atom. The third-order valence-corrected chi connectivity index (χ3v) is 5.46. The Balaban J connectivity index is 1.86. The van der Waals surface area contributed by atoms with Gasteiger partial charge in [0.15, 0.2) is 5.60 Å². The Morgan fingerprint density at radius 1 is 0.793 bits per heavy atom. The van der Waals surface area contributed by atoms with Gasteiger partial charge in [0.25, 0.3) is 0 Å². The van der Waals surface area contributed by atoms with Gasteiger partial charge in [-0.1, -0.05) is 97.1 Å². The Bertz CT molecular complexity index is 993. The third kappa shape index (κ3) is 3.82. The summed E-state index contributed by atoms with van der Waals surface area (Å²) in [7, 11) is 4.15. The van der Waals surface area contributed by atoms with E-state index in [-0.39, 0.29) is 0 Å². The molecule has 0 saturated carbocycles. The molecule has 0 fully saturated rings. The first-order valence-corrected chi connectivity index (χ1v) is 10.0. The molecule has 2 heteroatoms. The van der Waals surface area contributed by atoms with Gasteiger partial charge >= 0.3 is 0 Å². The predicted octanol–water partition coefficient (Wildman–Crippen LogP) is 5.68. The van der Waals surface area contributed by atoms with Gasteiger partial charge in [-0.2, -0.15) is 0 Å². The van der Waals surface area contributed by atoms with Gasteiger partial charge in [0, 0.05) is 12.1 Å². The monoisotopic (exact) mass is 380 g/mol. The van der Waals surface area contributed by atoms with Crippen LogP contribution in [-0.2, 0) is 10.7 Å². The lowest BCUT2D eigenvalue weighted by Crippen LogP contribution is -2.28. The normalized spacial score (nSPS) is 14.1. The molecule has 0 heterocycles. The summed E-state index contributed by atoms with van der Waals surface area (Å²) in [6, 6.07) is 27.5. The Morgan fingerprint density at radius 2 is 1.34 bits per heavy atom. The summed E-state index contributed by atoms with van der Waals surface area (Å²) in [5, 5.41) is 14.7. The van der Waals surface area contributed by atoms with E-state index in [1.165, 1.54) is 11.1 Å². The highest BCUT2D eigenvalue weighted by Crippen LogP contribution is 2.42. The maximum absolute atomic E-state index is 14.7. The summed E-state index contributed by atoms with van der Waals surface area (Å²) in [5.41, 5.74) is 4.42. The summed E-state index contributed by atoms with van der Waals surface area (Å²) < 4.78 is 0. The molecule has 0 spiro atoms. The Hall–Kier alpha value is -2.94. The number of benzene rings is 3. The van der Waals surface area contributed by atoms with Crippen molar-refractivity contribution in [1.82, 2.24) is 4.90 Å². The molecule has 0 aromatic heterocycles. The van der Waals surface area contributed by atoms with Crippen LogP contribution in [-0.4, -0.2) is 25.5 Å². The fraction of sp³-hybridized carbons (Fsp3) is 0.185. The number of hydrogen-bond donors (Lipinski definition) is 0. The van der Waals surface area contributed by atoms with E-state index < -0.39 is 5.60 Å². The molecule has 2 nitrogen and oxygen atoms in total. The van der Waals surface area contributed by atoms with E-state index in [0.29, 0.717) is 0 Å². The first-order valence-electron chi connectivity index (χ1n) is 10.0. The van der Waals surface area contributed by atoms with Crippen molar-refractivity contribution >= 4 is 5.57 Å². The van der Waals surface area contributed by atoms with Crippen molar-refractivity contribution in [2.75, 3.05) is 20.6 Å². The van der Waals surface area contributed by atoms with Crippen molar-refractivity contribution in [2.24, 2.45) is 0 Å². The van der Waals surface area contributed by atoms with Gasteiger partial charge in [0.05, 0.1) is 0 Å². The fourth-order valence-corrected chi connectivity index (χ4v) is 4.14. The third-order valence-electron chi connectivity index (χ3n) is 5.46. The van der Waals surface area contributed by atoms with Crippen molar-refractivity contribution in [1.29, 1.82) is 0 Å². The Labute approximate surface area is 173 Å². The van der Waals surface area contributed by atoms with E-state index in [0.717, 1.165) is 35.2 Å². The molecular formula is C27H26NO. The summed E-state index contributed by atoms with van der Waals surface area (Å²) >= 11 is 0. The molecule has 0 aliphatic heterocycles. The zero-order valence-corrected chi connectivity index (χ0v) is 17.0. The highest BCUT2D eigenvalue weighted by Gasteiger charge is 2.38. The van der Waals surface area contributed by atoms with Gasteiger partial charge in [-0.25, -0.2) is 5.11 Å². The van der Waals surface area contributed by atoms with Crippen LogP contribution in [0, 0.1) is 0 Å². The number of likely N-dealkylation sites (N-methyl/N-ethyl adjacent to an activating group) is 1. The summed E-state index contributed by atoms with van der Waals surface area (Å²) in [6.45, 7) is 0.908. The summed E-state index contributed by atoms with van der Waals surface area (Å²) in [4.78, 5) is 2.17. The molecule has 1 radical (unpaired) electrons.